The lowest BCUT2D eigenvalue weighted by molar-refractivity contribution is -0.116. The van der Waals surface area contributed by atoms with Gasteiger partial charge < -0.3 is 10.2 Å². The van der Waals surface area contributed by atoms with Gasteiger partial charge in [-0.2, -0.15) is 0 Å². The van der Waals surface area contributed by atoms with Crippen molar-refractivity contribution < 1.29 is 9.59 Å². The topological polar surface area (TPSA) is 88.7 Å². The molecule has 30 heavy (non-hydrogen) atoms. The van der Waals surface area contributed by atoms with Crippen LogP contribution in [-0.4, -0.2) is 44.5 Å². The zero-order chi connectivity index (χ0) is 21.1. The molecular formula is C21H19N5O3S. The number of anilines is 1. The van der Waals surface area contributed by atoms with Crippen LogP contribution in [0.3, 0.4) is 0 Å². The van der Waals surface area contributed by atoms with Crippen molar-refractivity contribution in [2.45, 2.75) is 6.54 Å². The summed E-state index contributed by atoms with van der Waals surface area (Å²) in [5.41, 5.74) is 1.76. The molecule has 4 aromatic rings. The number of hydrogen-bond donors (Lipinski definition) is 1. The molecule has 9 heteroatoms. The molecule has 0 aliphatic heterocycles. The van der Waals surface area contributed by atoms with Gasteiger partial charge in [-0.1, -0.05) is 24.3 Å². The minimum absolute atomic E-state index is 0.0626. The summed E-state index contributed by atoms with van der Waals surface area (Å²) in [4.78, 5) is 39.0. The van der Waals surface area contributed by atoms with Crippen molar-refractivity contribution in [3.05, 3.63) is 87.1 Å². The molecule has 1 N–H and O–H groups in total. The standard InChI is InChI=1S/C21H19N5O3S/c1-24(20(28)17-8-5-11-30-17)14-19(27)22-16-7-4-6-15(12-16)13-26-21(29)25-10-3-2-9-18(25)23-26/h2-12H,13-14H2,1H3,(H,22,27). The van der Waals surface area contributed by atoms with Crippen LogP contribution in [0.15, 0.2) is 71.0 Å². The molecule has 0 bridgehead atoms. The first-order valence-corrected chi connectivity index (χ1v) is 10.1. The fraction of sp³-hybridized carbons (Fsp3) is 0.143. The molecule has 8 nitrogen and oxygen atoms in total. The van der Waals surface area contributed by atoms with E-state index in [4.69, 9.17) is 0 Å². The number of amides is 2. The number of likely N-dealkylation sites (N-methyl/N-ethyl adjacent to an activating group) is 1. The van der Waals surface area contributed by atoms with Crippen LogP contribution in [0, 0.1) is 0 Å². The maximum atomic E-state index is 12.4. The van der Waals surface area contributed by atoms with Gasteiger partial charge in [0, 0.05) is 18.9 Å². The van der Waals surface area contributed by atoms with E-state index in [1.165, 1.54) is 25.3 Å². The zero-order valence-electron chi connectivity index (χ0n) is 16.2. The highest BCUT2D eigenvalue weighted by molar-refractivity contribution is 7.12. The van der Waals surface area contributed by atoms with Gasteiger partial charge in [0.15, 0.2) is 5.65 Å². The number of nitrogens with one attached hydrogen (secondary N) is 1. The lowest BCUT2D eigenvalue weighted by Gasteiger charge is -2.16. The number of fused-ring (bicyclic) bond motifs is 1. The summed E-state index contributed by atoms with van der Waals surface area (Å²) < 4.78 is 2.86. The third-order valence-corrected chi connectivity index (χ3v) is 5.35. The fourth-order valence-corrected chi connectivity index (χ4v) is 3.79. The highest BCUT2D eigenvalue weighted by Gasteiger charge is 2.16. The Morgan fingerprint density at radius 2 is 2.00 bits per heavy atom. The zero-order valence-corrected chi connectivity index (χ0v) is 17.0. The number of carbonyl (C=O) groups is 2. The van der Waals surface area contributed by atoms with E-state index in [0.29, 0.717) is 16.2 Å². The van der Waals surface area contributed by atoms with Crippen LogP contribution < -0.4 is 11.0 Å². The predicted octanol–water partition coefficient (Wildman–Crippen LogP) is 2.32. The number of carbonyl (C=O) groups excluding carboxylic acids is 2. The fourth-order valence-electron chi connectivity index (χ4n) is 3.07. The van der Waals surface area contributed by atoms with Crippen LogP contribution in [0.5, 0.6) is 0 Å². The molecule has 152 valence electrons. The van der Waals surface area contributed by atoms with E-state index in [-0.39, 0.29) is 30.6 Å². The maximum Gasteiger partial charge on any atom is 0.350 e. The van der Waals surface area contributed by atoms with Gasteiger partial charge in [0.1, 0.15) is 0 Å². The van der Waals surface area contributed by atoms with E-state index in [2.05, 4.69) is 10.4 Å². The molecule has 0 spiro atoms. The van der Waals surface area contributed by atoms with E-state index in [9.17, 15) is 14.4 Å². The van der Waals surface area contributed by atoms with Gasteiger partial charge >= 0.3 is 5.69 Å². The average molecular weight is 421 g/mol. The van der Waals surface area contributed by atoms with Gasteiger partial charge in [0.2, 0.25) is 5.91 Å². The Balaban J connectivity index is 1.43. The van der Waals surface area contributed by atoms with Crippen molar-refractivity contribution in [2.75, 3.05) is 18.9 Å². The minimum atomic E-state index is -0.301. The smallest absolute Gasteiger partial charge is 0.332 e. The Morgan fingerprint density at radius 1 is 1.13 bits per heavy atom. The third kappa shape index (κ3) is 4.15. The van der Waals surface area contributed by atoms with Gasteiger partial charge in [-0.05, 0) is 41.3 Å². The van der Waals surface area contributed by atoms with Crippen molar-refractivity contribution in [3.63, 3.8) is 0 Å². The van der Waals surface area contributed by atoms with Crippen molar-refractivity contribution in [1.29, 1.82) is 0 Å². The number of benzene rings is 1. The molecule has 0 unspecified atom stereocenters. The number of pyridine rings is 1. The maximum absolute atomic E-state index is 12.4. The highest BCUT2D eigenvalue weighted by Crippen LogP contribution is 2.13. The molecule has 0 saturated heterocycles. The Kier molecular flexibility index (Phi) is 5.44. The minimum Gasteiger partial charge on any atom is -0.332 e. The summed E-state index contributed by atoms with van der Waals surface area (Å²) in [6.07, 6.45) is 1.67. The Hall–Kier alpha value is -3.72. The quantitative estimate of drug-likeness (QED) is 0.518. The van der Waals surface area contributed by atoms with E-state index >= 15 is 0 Å². The van der Waals surface area contributed by atoms with Gasteiger partial charge in [0.05, 0.1) is 18.0 Å². The van der Waals surface area contributed by atoms with Crippen molar-refractivity contribution in [3.8, 4) is 0 Å². The molecule has 0 saturated carbocycles. The summed E-state index contributed by atoms with van der Waals surface area (Å²) in [7, 11) is 1.59. The van der Waals surface area contributed by atoms with Crippen LogP contribution in [0.1, 0.15) is 15.2 Å². The van der Waals surface area contributed by atoms with Crippen molar-refractivity contribution in [1.82, 2.24) is 19.1 Å². The molecule has 0 atom stereocenters. The predicted molar refractivity (Wildman–Crippen MR) is 115 cm³/mol. The van der Waals surface area contributed by atoms with Gasteiger partial charge in [-0.25, -0.2) is 9.48 Å². The molecule has 4 rings (SSSR count). The summed E-state index contributed by atoms with van der Waals surface area (Å²) in [6.45, 7) is 0.216. The lowest BCUT2D eigenvalue weighted by atomic mass is 10.2. The lowest BCUT2D eigenvalue weighted by Crippen LogP contribution is -2.34. The molecule has 3 aromatic heterocycles. The summed E-state index contributed by atoms with van der Waals surface area (Å²) in [5.74, 6) is -0.496. The molecule has 0 aliphatic rings. The monoisotopic (exact) mass is 421 g/mol. The molecule has 0 radical (unpaired) electrons. The Bertz CT molecular complexity index is 1260. The molecular weight excluding hydrogens is 402 g/mol. The molecule has 2 amide bonds. The molecule has 3 heterocycles. The van der Waals surface area contributed by atoms with Crippen LogP contribution in [0.25, 0.3) is 5.65 Å². The van der Waals surface area contributed by atoms with Crippen LogP contribution in [0.2, 0.25) is 0 Å². The van der Waals surface area contributed by atoms with Crippen molar-refractivity contribution >= 4 is 34.5 Å². The highest BCUT2D eigenvalue weighted by atomic mass is 32.1. The molecule has 0 fully saturated rings. The largest absolute Gasteiger partial charge is 0.350 e. The number of nitrogens with zero attached hydrogens (tertiary/aromatic N) is 4. The Labute approximate surface area is 176 Å². The third-order valence-electron chi connectivity index (χ3n) is 4.49. The van der Waals surface area contributed by atoms with Gasteiger partial charge in [-0.3, -0.25) is 14.0 Å². The normalized spacial score (nSPS) is 10.8. The molecule has 0 aliphatic carbocycles. The van der Waals surface area contributed by atoms with E-state index < -0.39 is 0 Å². The summed E-state index contributed by atoms with van der Waals surface area (Å²) in [6, 6.07) is 16.1. The second-order valence-electron chi connectivity index (χ2n) is 6.76. The van der Waals surface area contributed by atoms with Gasteiger partial charge in [-0.15, -0.1) is 16.4 Å². The Morgan fingerprint density at radius 3 is 2.77 bits per heavy atom. The van der Waals surface area contributed by atoms with Crippen LogP contribution >= 0.6 is 11.3 Å². The van der Waals surface area contributed by atoms with E-state index in [1.54, 1.807) is 55.7 Å². The number of thiophene rings is 1. The summed E-state index contributed by atoms with van der Waals surface area (Å²) >= 11 is 1.34. The first kappa shape index (κ1) is 19.6. The summed E-state index contributed by atoms with van der Waals surface area (Å²) in [5, 5.41) is 8.94. The van der Waals surface area contributed by atoms with Gasteiger partial charge in [0.25, 0.3) is 5.91 Å². The van der Waals surface area contributed by atoms with Crippen molar-refractivity contribution in [2.24, 2.45) is 0 Å². The number of aromatic nitrogens is 3. The first-order chi connectivity index (χ1) is 14.5. The van der Waals surface area contributed by atoms with Crippen LogP contribution in [-0.2, 0) is 11.3 Å². The average Bonchev–Trinajstić information content (AvgIpc) is 3.37. The van der Waals surface area contributed by atoms with Crippen LogP contribution in [0.4, 0.5) is 5.69 Å². The number of hydrogen-bond acceptors (Lipinski definition) is 5. The van der Waals surface area contributed by atoms with E-state index in [0.717, 1.165) is 5.56 Å². The molecule has 1 aromatic carbocycles. The SMILES string of the molecule is CN(CC(=O)Nc1cccc(Cn2nc3ccccn3c2=O)c1)C(=O)c1cccs1. The first-order valence-electron chi connectivity index (χ1n) is 9.23. The number of rotatable bonds is 6. The van der Waals surface area contributed by atoms with E-state index in [1.807, 2.05) is 17.5 Å². The second kappa shape index (κ2) is 8.34. The second-order valence-corrected chi connectivity index (χ2v) is 7.70.